The molecule has 1 aromatic rings. The highest BCUT2D eigenvalue weighted by Gasteiger charge is 2.62. The first kappa shape index (κ1) is 16.2. The topological polar surface area (TPSA) is 37.3 Å². The lowest BCUT2D eigenvalue weighted by Gasteiger charge is -2.60. The summed E-state index contributed by atoms with van der Waals surface area (Å²) in [5.74, 6) is 1.91. The molecule has 2 fully saturated rings. The summed E-state index contributed by atoms with van der Waals surface area (Å²) in [6.45, 7) is 11.4. The van der Waals surface area contributed by atoms with Crippen LogP contribution in [-0.4, -0.2) is 10.9 Å². The van der Waals surface area contributed by atoms with Crippen molar-refractivity contribution in [3.63, 3.8) is 0 Å². The molecular weight excluding hydrogens is 296 g/mol. The molecule has 3 aliphatic carbocycles. The van der Waals surface area contributed by atoms with E-state index < -0.39 is 0 Å². The highest BCUT2D eigenvalue weighted by Crippen LogP contribution is 2.67. The lowest BCUT2D eigenvalue weighted by Crippen LogP contribution is -2.57. The van der Waals surface area contributed by atoms with Gasteiger partial charge in [-0.3, -0.25) is 4.79 Å². The predicted molar refractivity (Wildman–Crippen MR) is 96.2 cm³/mol. The molecule has 2 saturated carbocycles. The van der Waals surface area contributed by atoms with Crippen molar-refractivity contribution in [2.75, 3.05) is 0 Å². The number of phenolic OH excluding ortho intramolecular Hbond substituents is 1. The lowest BCUT2D eigenvalue weighted by atomic mass is 9.43. The van der Waals surface area contributed by atoms with E-state index in [2.05, 4.69) is 34.6 Å². The summed E-state index contributed by atoms with van der Waals surface area (Å²) < 4.78 is 0. The first-order chi connectivity index (χ1) is 11.1. The van der Waals surface area contributed by atoms with Crippen molar-refractivity contribution in [1.29, 1.82) is 0 Å². The van der Waals surface area contributed by atoms with Gasteiger partial charge in [0.1, 0.15) is 11.5 Å². The quantitative estimate of drug-likeness (QED) is 0.733. The number of ketones is 1. The highest BCUT2D eigenvalue weighted by atomic mass is 16.3. The molecule has 0 aromatic heterocycles. The van der Waals surface area contributed by atoms with Gasteiger partial charge in [0.2, 0.25) is 0 Å². The highest BCUT2D eigenvalue weighted by molar-refractivity contribution is 5.85. The molecule has 2 nitrogen and oxygen atoms in total. The molecular formula is C22H30O2. The Morgan fingerprint density at radius 1 is 1.08 bits per heavy atom. The first-order valence-electron chi connectivity index (χ1n) is 9.47. The summed E-state index contributed by atoms with van der Waals surface area (Å²) in [6.07, 6.45) is 5.11. The van der Waals surface area contributed by atoms with E-state index in [0.717, 1.165) is 32.1 Å². The van der Waals surface area contributed by atoms with Crippen LogP contribution in [0.2, 0.25) is 0 Å². The molecule has 4 atom stereocenters. The van der Waals surface area contributed by atoms with Crippen LogP contribution in [-0.2, 0) is 16.6 Å². The molecule has 1 N–H and O–H groups in total. The zero-order valence-electron chi connectivity index (χ0n) is 15.7. The fourth-order valence-corrected chi connectivity index (χ4v) is 7.15. The van der Waals surface area contributed by atoms with Gasteiger partial charge in [0.15, 0.2) is 0 Å². The minimum Gasteiger partial charge on any atom is -0.508 e. The third-order valence-electron chi connectivity index (χ3n) is 8.19. The Morgan fingerprint density at radius 3 is 2.50 bits per heavy atom. The van der Waals surface area contributed by atoms with Crippen molar-refractivity contribution in [2.45, 2.75) is 72.1 Å². The Labute approximate surface area is 145 Å². The Bertz CT molecular complexity index is 732. The SMILES string of the molecule is Cc1cc(O)cc2c1[C@@]1(C)CC[C@@H]3C(C)(C)C(=O)CC[C@@]3(C)[C@@H]1C2. The maximum absolute atomic E-state index is 12.6. The van der Waals surface area contributed by atoms with Crippen LogP contribution in [0.1, 0.15) is 70.1 Å². The van der Waals surface area contributed by atoms with Crippen LogP contribution in [0.15, 0.2) is 12.1 Å². The average Bonchev–Trinajstić information content (AvgIpc) is 2.77. The molecule has 2 heteroatoms. The molecule has 4 rings (SSSR count). The van der Waals surface area contributed by atoms with Gasteiger partial charge in [-0.25, -0.2) is 0 Å². The minimum absolute atomic E-state index is 0.189. The minimum atomic E-state index is -0.194. The molecule has 0 aliphatic heterocycles. The number of benzene rings is 1. The molecule has 0 saturated heterocycles. The van der Waals surface area contributed by atoms with Crippen molar-refractivity contribution in [3.05, 3.63) is 28.8 Å². The van der Waals surface area contributed by atoms with Crippen molar-refractivity contribution < 1.29 is 9.90 Å². The van der Waals surface area contributed by atoms with E-state index >= 15 is 0 Å². The number of carbonyl (C=O) groups excluding carboxylic acids is 1. The number of aromatic hydroxyl groups is 1. The largest absolute Gasteiger partial charge is 0.508 e. The third-order valence-corrected chi connectivity index (χ3v) is 8.19. The van der Waals surface area contributed by atoms with E-state index in [4.69, 9.17) is 0 Å². The van der Waals surface area contributed by atoms with E-state index in [1.165, 1.54) is 16.7 Å². The molecule has 0 bridgehead atoms. The molecule has 0 radical (unpaired) electrons. The van der Waals surface area contributed by atoms with E-state index in [0.29, 0.717) is 23.4 Å². The Hall–Kier alpha value is -1.31. The third kappa shape index (κ3) is 1.80. The molecule has 130 valence electrons. The molecule has 24 heavy (non-hydrogen) atoms. The van der Waals surface area contributed by atoms with Crippen molar-refractivity contribution >= 4 is 5.78 Å². The van der Waals surface area contributed by atoms with E-state index in [-0.39, 0.29) is 16.2 Å². The van der Waals surface area contributed by atoms with Crippen LogP contribution in [0.3, 0.4) is 0 Å². The number of Topliss-reactive ketones (excluding diaryl/α,β-unsaturated/α-hetero) is 1. The van der Waals surface area contributed by atoms with Gasteiger partial charge in [0.05, 0.1) is 0 Å². The fraction of sp³-hybridized carbons (Fsp3) is 0.682. The zero-order valence-corrected chi connectivity index (χ0v) is 15.7. The van der Waals surface area contributed by atoms with E-state index in [1.807, 2.05) is 12.1 Å². The zero-order chi connectivity index (χ0) is 17.5. The van der Waals surface area contributed by atoms with Crippen LogP contribution in [0.5, 0.6) is 5.75 Å². The summed E-state index contributed by atoms with van der Waals surface area (Å²) in [6, 6.07) is 3.92. The summed E-state index contributed by atoms with van der Waals surface area (Å²) in [4.78, 5) is 12.6. The van der Waals surface area contributed by atoms with Crippen LogP contribution in [0.4, 0.5) is 0 Å². The summed E-state index contributed by atoms with van der Waals surface area (Å²) in [5.41, 5.74) is 4.28. The lowest BCUT2D eigenvalue weighted by molar-refractivity contribution is -0.151. The first-order valence-corrected chi connectivity index (χ1v) is 9.47. The van der Waals surface area contributed by atoms with Gasteiger partial charge in [-0.2, -0.15) is 0 Å². The Balaban J connectivity index is 1.84. The number of rotatable bonds is 0. The number of hydrogen-bond acceptors (Lipinski definition) is 2. The summed E-state index contributed by atoms with van der Waals surface area (Å²) >= 11 is 0. The maximum atomic E-state index is 12.6. The van der Waals surface area contributed by atoms with Gasteiger partial charge < -0.3 is 5.11 Å². The monoisotopic (exact) mass is 326 g/mol. The molecule has 0 amide bonds. The number of fused-ring (bicyclic) bond motifs is 5. The van der Waals surface area contributed by atoms with Crippen molar-refractivity contribution in [2.24, 2.45) is 22.7 Å². The number of carbonyl (C=O) groups is 1. The standard InChI is InChI=1S/C22H30O2/c1-13-10-15(23)11-14-12-17-21(4)9-7-18(24)20(2,3)16(21)6-8-22(17,5)19(13)14/h10-11,16-17,23H,6-9,12H2,1-5H3/t16-,17+,21-,22+/m1/s1. The van der Waals surface area contributed by atoms with Crippen molar-refractivity contribution in [3.8, 4) is 5.75 Å². The second kappa shape index (κ2) is 4.65. The number of hydrogen-bond donors (Lipinski definition) is 1. The second-order valence-corrected chi connectivity index (χ2v) is 9.71. The Morgan fingerprint density at radius 2 is 1.79 bits per heavy atom. The van der Waals surface area contributed by atoms with Crippen molar-refractivity contribution in [1.82, 2.24) is 0 Å². The molecule has 0 heterocycles. The number of aryl methyl sites for hydroxylation is 1. The molecule has 3 aliphatic rings. The van der Waals surface area contributed by atoms with Gasteiger partial charge in [0.25, 0.3) is 0 Å². The van der Waals surface area contributed by atoms with E-state index in [9.17, 15) is 9.90 Å². The molecule has 0 spiro atoms. The number of phenols is 1. The van der Waals surface area contributed by atoms with Crippen LogP contribution in [0.25, 0.3) is 0 Å². The van der Waals surface area contributed by atoms with Gasteiger partial charge in [-0.05, 0) is 84.1 Å². The van der Waals surface area contributed by atoms with Crippen LogP contribution in [0, 0.1) is 29.6 Å². The van der Waals surface area contributed by atoms with E-state index in [1.54, 1.807) is 0 Å². The van der Waals surface area contributed by atoms with Gasteiger partial charge in [-0.1, -0.05) is 27.7 Å². The fourth-order valence-electron chi connectivity index (χ4n) is 7.15. The van der Waals surface area contributed by atoms with Crippen LogP contribution < -0.4 is 0 Å². The Kier molecular flexibility index (Phi) is 3.13. The molecule has 1 aromatic carbocycles. The van der Waals surface area contributed by atoms with Gasteiger partial charge in [0, 0.05) is 11.8 Å². The second-order valence-electron chi connectivity index (χ2n) is 9.71. The average molecular weight is 326 g/mol. The normalized spacial score (nSPS) is 40.0. The summed E-state index contributed by atoms with van der Waals surface area (Å²) in [5, 5.41) is 10.1. The predicted octanol–water partition coefficient (Wildman–Crippen LogP) is 4.94. The van der Waals surface area contributed by atoms with Crippen LogP contribution >= 0.6 is 0 Å². The molecule has 0 unspecified atom stereocenters. The van der Waals surface area contributed by atoms with Gasteiger partial charge >= 0.3 is 0 Å². The van der Waals surface area contributed by atoms with Gasteiger partial charge in [-0.15, -0.1) is 0 Å². The maximum Gasteiger partial charge on any atom is 0.138 e. The summed E-state index contributed by atoms with van der Waals surface area (Å²) in [7, 11) is 0. The smallest absolute Gasteiger partial charge is 0.138 e.